The van der Waals surface area contributed by atoms with Gasteiger partial charge in [-0.15, -0.1) is 0 Å². The zero-order chi connectivity index (χ0) is 11.8. The smallest absolute Gasteiger partial charge is 0.307 e. The van der Waals surface area contributed by atoms with Crippen molar-refractivity contribution in [2.75, 3.05) is 19.7 Å². The monoisotopic (exact) mass is 225 g/mol. The van der Waals surface area contributed by atoms with E-state index in [9.17, 15) is 4.79 Å². The maximum absolute atomic E-state index is 11.0. The molecule has 0 saturated heterocycles. The lowest BCUT2D eigenvalue weighted by Gasteiger charge is -2.03. The summed E-state index contributed by atoms with van der Waals surface area (Å²) in [4.78, 5) is 11.0. The fourth-order valence-corrected chi connectivity index (χ4v) is 1.38. The van der Waals surface area contributed by atoms with E-state index in [1.807, 2.05) is 26.4 Å². The van der Waals surface area contributed by atoms with Crippen LogP contribution >= 0.6 is 0 Å². The van der Waals surface area contributed by atoms with Gasteiger partial charge in [0.2, 0.25) is 0 Å². The fraction of sp³-hybridized carbons (Fsp3) is 0.636. The van der Waals surface area contributed by atoms with Crippen LogP contribution in [0.25, 0.3) is 0 Å². The van der Waals surface area contributed by atoms with Crippen LogP contribution in [0.4, 0.5) is 0 Å². The molecule has 0 bridgehead atoms. The van der Waals surface area contributed by atoms with Crippen molar-refractivity contribution in [3.63, 3.8) is 0 Å². The minimum absolute atomic E-state index is 0.142. The van der Waals surface area contributed by atoms with Crippen molar-refractivity contribution in [3.8, 4) is 0 Å². The van der Waals surface area contributed by atoms with Gasteiger partial charge in [-0.3, -0.25) is 9.48 Å². The van der Waals surface area contributed by atoms with Gasteiger partial charge in [0.25, 0.3) is 0 Å². The number of nitrogens with one attached hydrogen (secondary N) is 1. The van der Waals surface area contributed by atoms with Crippen LogP contribution in [-0.4, -0.2) is 35.4 Å². The molecule has 5 heteroatoms. The molecule has 16 heavy (non-hydrogen) atoms. The summed E-state index contributed by atoms with van der Waals surface area (Å²) in [5.74, 6) is -0.142. The molecule has 1 N–H and O–H groups in total. The Hall–Kier alpha value is -1.36. The Balaban J connectivity index is 2.02. The summed E-state index contributed by atoms with van der Waals surface area (Å²) in [5, 5.41) is 7.28. The van der Waals surface area contributed by atoms with Gasteiger partial charge in [0, 0.05) is 19.8 Å². The van der Waals surface area contributed by atoms with Crippen molar-refractivity contribution in [2.45, 2.75) is 19.8 Å². The Morgan fingerprint density at radius 2 is 2.38 bits per heavy atom. The molecule has 0 aromatic carbocycles. The van der Waals surface area contributed by atoms with Crippen molar-refractivity contribution < 1.29 is 9.53 Å². The SMILES string of the molecule is CCOC(=O)CCNCCc1cnn(C)c1. The van der Waals surface area contributed by atoms with E-state index in [4.69, 9.17) is 4.74 Å². The molecule has 0 aliphatic rings. The lowest BCUT2D eigenvalue weighted by Crippen LogP contribution is -2.21. The van der Waals surface area contributed by atoms with Gasteiger partial charge >= 0.3 is 5.97 Å². The van der Waals surface area contributed by atoms with Gasteiger partial charge in [0.1, 0.15) is 0 Å². The van der Waals surface area contributed by atoms with E-state index >= 15 is 0 Å². The zero-order valence-corrected chi connectivity index (χ0v) is 9.90. The van der Waals surface area contributed by atoms with Crippen molar-refractivity contribution in [1.82, 2.24) is 15.1 Å². The first-order valence-electron chi connectivity index (χ1n) is 5.56. The summed E-state index contributed by atoms with van der Waals surface area (Å²) in [5.41, 5.74) is 1.20. The predicted molar refractivity (Wildman–Crippen MR) is 61.0 cm³/mol. The first kappa shape index (κ1) is 12.7. The van der Waals surface area contributed by atoms with Crippen LogP contribution in [0.15, 0.2) is 12.4 Å². The van der Waals surface area contributed by atoms with E-state index < -0.39 is 0 Å². The van der Waals surface area contributed by atoms with E-state index in [1.54, 1.807) is 4.68 Å². The minimum atomic E-state index is -0.142. The van der Waals surface area contributed by atoms with E-state index in [-0.39, 0.29) is 5.97 Å². The number of esters is 1. The largest absolute Gasteiger partial charge is 0.466 e. The molecule has 0 unspecified atom stereocenters. The molecule has 0 saturated carbocycles. The van der Waals surface area contributed by atoms with Gasteiger partial charge in [0.05, 0.1) is 19.2 Å². The average Bonchev–Trinajstić information content (AvgIpc) is 2.64. The second kappa shape index (κ2) is 7.00. The quantitative estimate of drug-likeness (QED) is 0.542. The molecule has 0 radical (unpaired) electrons. The molecule has 0 aliphatic heterocycles. The Labute approximate surface area is 95.8 Å². The molecule has 1 aromatic rings. The maximum atomic E-state index is 11.0. The molecule has 0 amide bonds. The third kappa shape index (κ3) is 4.93. The second-order valence-corrected chi connectivity index (χ2v) is 3.58. The van der Waals surface area contributed by atoms with Crippen molar-refractivity contribution in [3.05, 3.63) is 18.0 Å². The van der Waals surface area contributed by atoms with Crippen LogP contribution < -0.4 is 5.32 Å². The van der Waals surface area contributed by atoms with E-state index in [0.29, 0.717) is 19.6 Å². The molecule has 1 heterocycles. The van der Waals surface area contributed by atoms with E-state index in [1.165, 1.54) is 5.56 Å². The van der Waals surface area contributed by atoms with Gasteiger partial charge in [-0.25, -0.2) is 0 Å². The third-order valence-electron chi connectivity index (χ3n) is 2.16. The highest BCUT2D eigenvalue weighted by atomic mass is 16.5. The number of aryl methyl sites for hydroxylation is 1. The molecular formula is C11H19N3O2. The first-order valence-corrected chi connectivity index (χ1v) is 5.56. The number of hydrogen-bond donors (Lipinski definition) is 1. The van der Waals surface area contributed by atoms with Crippen LogP contribution in [0.3, 0.4) is 0 Å². The number of rotatable bonds is 7. The highest BCUT2D eigenvalue weighted by Gasteiger charge is 2.00. The molecule has 1 rings (SSSR count). The summed E-state index contributed by atoms with van der Waals surface area (Å²) < 4.78 is 6.60. The van der Waals surface area contributed by atoms with Crippen LogP contribution in [0, 0.1) is 0 Å². The Morgan fingerprint density at radius 1 is 1.56 bits per heavy atom. The average molecular weight is 225 g/mol. The normalized spacial score (nSPS) is 10.4. The number of ether oxygens (including phenoxy) is 1. The molecule has 5 nitrogen and oxygen atoms in total. The molecule has 1 aromatic heterocycles. The topological polar surface area (TPSA) is 56.1 Å². The summed E-state index contributed by atoms with van der Waals surface area (Å²) in [7, 11) is 1.90. The minimum Gasteiger partial charge on any atom is -0.466 e. The van der Waals surface area contributed by atoms with Gasteiger partial charge in [-0.1, -0.05) is 0 Å². The van der Waals surface area contributed by atoms with Crippen molar-refractivity contribution in [1.29, 1.82) is 0 Å². The molecule has 0 aliphatic carbocycles. The van der Waals surface area contributed by atoms with Gasteiger partial charge in [-0.05, 0) is 25.5 Å². The summed E-state index contributed by atoms with van der Waals surface area (Å²) in [6, 6.07) is 0. The molecular weight excluding hydrogens is 206 g/mol. The third-order valence-corrected chi connectivity index (χ3v) is 2.16. The van der Waals surface area contributed by atoms with Crippen LogP contribution in [0.5, 0.6) is 0 Å². The molecule has 0 spiro atoms. The summed E-state index contributed by atoms with van der Waals surface area (Å²) in [6.45, 7) is 3.78. The van der Waals surface area contributed by atoms with Gasteiger partial charge in [-0.2, -0.15) is 5.10 Å². The van der Waals surface area contributed by atoms with Crippen LogP contribution in [0.1, 0.15) is 18.9 Å². The molecule has 0 fully saturated rings. The zero-order valence-electron chi connectivity index (χ0n) is 9.90. The number of aromatic nitrogens is 2. The molecule has 90 valence electrons. The van der Waals surface area contributed by atoms with E-state index in [2.05, 4.69) is 10.4 Å². The maximum Gasteiger partial charge on any atom is 0.307 e. The second-order valence-electron chi connectivity index (χ2n) is 3.58. The lowest BCUT2D eigenvalue weighted by molar-refractivity contribution is -0.142. The standard InChI is InChI=1S/C11H19N3O2/c1-3-16-11(15)5-7-12-6-4-10-8-13-14(2)9-10/h8-9,12H,3-7H2,1-2H3. The van der Waals surface area contributed by atoms with Gasteiger partial charge in [0.15, 0.2) is 0 Å². The predicted octanol–water partition coefficient (Wildman–Crippen LogP) is 0.505. The van der Waals surface area contributed by atoms with Crippen molar-refractivity contribution >= 4 is 5.97 Å². The number of carbonyl (C=O) groups is 1. The fourth-order valence-electron chi connectivity index (χ4n) is 1.38. The lowest BCUT2D eigenvalue weighted by atomic mass is 10.2. The molecule has 0 atom stereocenters. The van der Waals surface area contributed by atoms with Crippen LogP contribution in [-0.2, 0) is 23.0 Å². The number of nitrogens with zero attached hydrogens (tertiary/aromatic N) is 2. The number of carbonyl (C=O) groups excluding carboxylic acids is 1. The van der Waals surface area contributed by atoms with E-state index in [0.717, 1.165) is 13.0 Å². The van der Waals surface area contributed by atoms with Gasteiger partial charge < -0.3 is 10.1 Å². The Bertz CT molecular complexity index is 323. The summed E-state index contributed by atoms with van der Waals surface area (Å²) in [6.07, 6.45) is 5.21. The highest BCUT2D eigenvalue weighted by Crippen LogP contribution is 1.96. The summed E-state index contributed by atoms with van der Waals surface area (Å²) >= 11 is 0. The highest BCUT2D eigenvalue weighted by molar-refractivity contribution is 5.69. The first-order chi connectivity index (χ1) is 7.72. The number of hydrogen-bond acceptors (Lipinski definition) is 4. The van der Waals surface area contributed by atoms with Crippen LogP contribution in [0.2, 0.25) is 0 Å². The Morgan fingerprint density at radius 3 is 3.00 bits per heavy atom. The van der Waals surface area contributed by atoms with Crippen molar-refractivity contribution in [2.24, 2.45) is 7.05 Å². The Kier molecular flexibility index (Phi) is 5.56.